The SMILES string of the molecule is C=C(CC(C)C)CC(C(=C)C1CC2C(C1C(=C)CC(CCC)C(=C)C(C)(O)CCC(C)=O)C2(C)C)C1CCCCC1. The summed E-state index contributed by atoms with van der Waals surface area (Å²) in [7, 11) is 0. The van der Waals surface area contributed by atoms with Crippen LogP contribution in [0.2, 0.25) is 0 Å². The van der Waals surface area contributed by atoms with Crippen molar-refractivity contribution < 1.29 is 9.90 Å². The summed E-state index contributed by atoms with van der Waals surface area (Å²) in [6.45, 7) is 33.9. The third-order valence-electron chi connectivity index (χ3n) is 11.6. The van der Waals surface area contributed by atoms with Gasteiger partial charge in [-0.25, -0.2) is 0 Å². The van der Waals surface area contributed by atoms with Crippen LogP contribution < -0.4 is 0 Å². The Morgan fingerprint density at radius 1 is 1.02 bits per heavy atom. The molecule has 1 N–H and O–H groups in total. The van der Waals surface area contributed by atoms with Gasteiger partial charge in [-0.3, -0.25) is 0 Å². The summed E-state index contributed by atoms with van der Waals surface area (Å²) in [4.78, 5) is 11.7. The van der Waals surface area contributed by atoms with Crippen molar-refractivity contribution in [1.29, 1.82) is 0 Å². The molecule has 0 radical (unpaired) electrons. The van der Waals surface area contributed by atoms with E-state index in [1.54, 1.807) is 6.92 Å². The smallest absolute Gasteiger partial charge is 0.129 e. The highest BCUT2D eigenvalue weighted by molar-refractivity contribution is 5.75. The molecule has 7 unspecified atom stereocenters. The molecule has 0 bridgehead atoms. The minimum absolute atomic E-state index is 0.118. The predicted octanol–water partition coefficient (Wildman–Crippen LogP) is 10.7. The van der Waals surface area contributed by atoms with Crippen LogP contribution >= 0.6 is 0 Å². The molecule has 0 heterocycles. The van der Waals surface area contributed by atoms with Crippen molar-refractivity contribution in [3.63, 3.8) is 0 Å². The summed E-state index contributed by atoms with van der Waals surface area (Å²) in [6, 6.07) is 0. The van der Waals surface area contributed by atoms with Gasteiger partial charge in [-0.2, -0.15) is 0 Å². The van der Waals surface area contributed by atoms with Crippen LogP contribution in [0.25, 0.3) is 0 Å². The van der Waals surface area contributed by atoms with Gasteiger partial charge in [-0.05, 0) is 124 Å². The van der Waals surface area contributed by atoms with E-state index in [9.17, 15) is 9.90 Å². The Labute approximate surface area is 254 Å². The minimum atomic E-state index is -1.03. The highest BCUT2D eigenvalue weighted by atomic mass is 16.3. The molecule has 0 aliphatic heterocycles. The molecule has 3 fully saturated rings. The molecule has 7 atom stereocenters. The maximum absolute atomic E-state index is 11.7. The van der Waals surface area contributed by atoms with Crippen LogP contribution in [-0.4, -0.2) is 16.5 Å². The molecule has 0 aromatic heterocycles. The molecule has 3 saturated carbocycles. The lowest BCUT2D eigenvalue weighted by molar-refractivity contribution is -0.118. The maximum Gasteiger partial charge on any atom is 0.129 e. The number of hydrogen-bond donors (Lipinski definition) is 1. The Morgan fingerprint density at radius 3 is 2.22 bits per heavy atom. The van der Waals surface area contributed by atoms with E-state index in [0.29, 0.717) is 47.8 Å². The van der Waals surface area contributed by atoms with Crippen molar-refractivity contribution >= 4 is 5.78 Å². The molecule has 41 heavy (non-hydrogen) atoms. The number of ketones is 1. The van der Waals surface area contributed by atoms with Crippen LogP contribution in [0.3, 0.4) is 0 Å². The molecule has 232 valence electrons. The molecule has 0 amide bonds. The first kappa shape index (κ1) is 34.1. The molecular weight excluding hydrogens is 500 g/mol. The van der Waals surface area contributed by atoms with Crippen molar-refractivity contribution in [3.05, 3.63) is 48.6 Å². The number of carbonyl (C=O) groups is 1. The normalized spacial score (nSPS) is 28.4. The lowest BCUT2D eigenvalue weighted by atomic mass is 9.66. The minimum Gasteiger partial charge on any atom is -0.386 e. The van der Waals surface area contributed by atoms with Gasteiger partial charge in [-0.15, -0.1) is 0 Å². The Balaban J connectivity index is 1.84. The zero-order valence-electron chi connectivity index (χ0n) is 28.0. The molecule has 2 heteroatoms. The summed E-state index contributed by atoms with van der Waals surface area (Å²) >= 11 is 0. The third kappa shape index (κ3) is 8.16. The Kier molecular flexibility index (Phi) is 11.6. The van der Waals surface area contributed by atoms with Crippen LogP contribution in [0.4, 0.5) is 0 Å². The van der Waals surface area contributed by atoms with Crippen molar-refractivity contribution in [1.82, 2.24) is 0 Å². The Bertz CT molecular complexity index is 972. The largest absolute Gasteiger partial charge is 0.386 e. The molecule has 3 aliphatic carbocycles. The summed E-state index contributed by atoms with van der Waals surface area (Å²) < 4.78 is 0. The second kappa shape index (κ2) is 13.9. The molecule has 0 saturated heterocycles. The fourth-order valence-electron chi connectivity index (χ4n) is 9.14. The first-order valence-electron chi connectivity index (χ1n) is 17.1. The van der Waals surface area contributed by atoms with E-state index in [2.05, 4.69) is 47.8 Å². The van der Waals surface area contributed by atoms with E-state index in [-0.39, 0.29) is 11.7 Å². The molecule has 0 aromatic rings. The summed E-state index contributed by atoms with van der Waals surface area (Å²) in [5.41, 5.74) is 4.47. The predicted molar refractivity (Wildman–Crippen MR) is 177 cm³/mol. The lowest BCUT2D eigenvalue weighted by Gasteiger charge is -2.39. The van der Waals surface area contributed by atoms with Gasteiger partial charge >= 0.3 is 0 Å². The van der Waals surface area contributed by atoms with Crippen molar-refractivity contribution in [2.24, 2.45) is 52.8 Å². The number of aliphatic hydroxyl groups is 1. The fraction of sp³-hybridized carbons (Fsp3) is 0.769. The molecule has 3 aliphatic rings. The van der Waals surface area contributed by atoms with Gasteiger partial charge in [0.05, 0.1) is 5.60 Å². The van der Waals surface area contributed by atoms with E-state index in [1.165, 1.54) is 55.2 Å². The lowest BCUT2D eigenvalue weighted by Crippen LogP contribution is -2.33. The number of rotatable bonds is 17. The third-order valence-corrected chi connectivity index (χ3v) is 11.6. The number of allylic oxidation sites excluding steroid dienone is 3. The van der Waals surface area contributed by atoms with E-state index >= 15 is 0 Å². The first-order valence-corrected chi connectivity index (χ1v) is 17.1. The van der Waals surface area contributed by atoms with E-state index in [4.69, 9.17) is 13.2 Å². The van der Waals surface area contributed by atoms with E-state index in [0.717, 1.165) is 49.5 Å². The Hall–Kier alpha value is -1.41. The van der Waals surface area contributed by atoms with Crippen molar-refractivity contribution in [2.45, 2.75) is 138 Å². The maximum atomic E-state index is 11.7. The van der Waals surface area contributed by atoms with Crippen LogP contribution in [0.5, 0.6) is 0 Å². The quantitative estimate of drug-likeness (QED) is 0.178. The number of carbonyl (C=O) groups excluding carboxylic acids is 1. The van der Waals surface area contributed by atoms with Gasteiger partial charge < -0.3 is 9.90 Å². The standard InChI is InChI=1S/C39H64O2/c1-12-16-32(30(8)39(11,41)20-19-28(6)40)23-27(5)36-34(24-35-37(36)38(35,9)10)29(7)33(22-26(4)21-25(2)3)31-17-14-13-15-18-31/h25,31-37,41H,4-5,7-8,12-24H2,1-3,6,9-11H3. The van der Waals surface area contributed by atoms with Gasteiger partial charge in [0.25, 0.3) is 0 Å². The van der Waals surface area contributed by atoms with Gasteiger partial charge in [0.2, 0.25) is 0 Å². The highest BCUT2D eigenvalue weighted by Gasteiger charge is 2.67. The Morgan fingerprint density at radius 2 is 1.66 bits per heavy atom. The van der Waals surface area contributed by atoms with Crippen molar-refractivity contribution in [3.8, 4) is 0 Å². The van der Waals surface area contributed by atoms with Crippen molar-refractivity contribution in [2.75, 3.05) is 0 Å². The average Bonchev–Trinajstić information content (AvgIpc) is 3.22. The van der Waals surface area contributed by atoms with E-state index in [1.807, 2.05) is 6.92 Å². The molecule has 0 aromatic carbocycles. The van der Waals surface area contributed by atoms with Gasteiger partial charge in [-0.1, -0.05) is 103 Å². The molecular formula is C39H64O2. The van der Waals surface area contributed by atoms with E-state index < -0.39 is 5.60 Å². The molecule has 0 spiro atoms. The van der Waals surface area contributed by atoms with Crippen LogP contribution in [0.1, 0.15) is 132 Å². The summed E-state index contributed by atoms with van der Waals surface area (Å²) in [5.74, 6) is 4.61. The number of Topliss-reactive ketones (excluding diaryl/α,β-unsaturated/α-hetero) is 1. The number of hydrogen-bond acceptors (Lipinski definition) is 2. The first-order chi connectivity index (χ1) is 19.1. The highest BCUT2D eigenvalue weighted by Crippen LogP contribution is 2.73. The monoisotopic (exact) mass is 564 g/mol. The van der Waals surface area contributed by atoms with Crippen LogP contribution in [-0.2, 0) is 4.79 Å². The second-order valence-electron chi connectivity index (χ2n) is 15.8. The molecule has 2 nitrogen and oxygen atoms in total. The summed E-state index contributed by atoms with van der Waals surface area (Å²) in [5, 5.41) is 11.4. The fourth-order valence-corrected chi connectivity index (χ4v) is 9.14. The average molecular weight is 565 g/mol. The number of fused-ring (bicyclic) bond motifs is 1. The topological polar surface area (TPSA) is 37.3 Å². The second-order valence-corrected chi connectivity index (χ2v) is 15.8. The van der Waals surface area contributed by atoms with Crippen LogP contribution in [0, 0.1) is 52.8 Å². The van der Waals surface area contributed by atoms with Gasteiger partial charge in [0.15, 0.2) is 0 Å². The van der Waals surface area contributed by atoms with Crippen LogP contribution in [0.15, 0.2) is 48.6 Å². The van der Waals surface area contributed by atoms with Gasteiger partial charge in [0.1, 0.15) is 5.78 Å². The summed E-state index contributed by atoms with van der Waals surface area (Å²) in [6.07, 6.45) is 14.0. The molecule has 3 rings (SSSR count). The zero-order valence-corrected chi connectivity index (χ0v) is 28.0. The zero-order chi connectivity index (χ0) is 30.7. The van der Waals surface area contributed by atoms with Gasteiger partial charge in [0, 0.05) is 6.42 Å².